The number of ether oxygens (including phenoxy) is 2. The van der Waals surface area contributed by atoms with Gasteiger partial charge >= 0.3 is 12.2 Å². The molecule has 198 valence electrons. The number of fused-ring (bicyclic) bond motifs is 1. The summed E-state index contributed by atoms with van der Waals surface area (Å²) in [7, 11) is 2.78. The lowest BCUT2D eigenvalue weighted by molar-refractivity contribution is -0.171. The normalized spacial score (nSPS) is 20.2. The minimum absolute atomic E-state index is 0.0586. The van der Waals surface area contributed by atoms with Crippen molar-refractivity contribution in [2.75, 3.05) is 32.2 Å². The Morgan fingerprint density at radius 2 is 1.97 bits per heavy atom. The smallest absolute Gasteiger partial charge is 0.411 e. The fraction of sp³-hybridized carbons (Fsp3) is 0.500. The Labute approximate surface area is 206 Å². The highest BCUT2D eigenvalue weighted by Gasteiger charge is 2.64. The molecule has 1 atom stereocenters. The van der Waals surface area contributed by atoms with E-state index in [-0.39, 0.29) is 36.9 Å². The van der Waals surface area contributed by atoms with Gasteiger partial charge in [-0.3, -0.25) is 4.79 Å². The van der Waals surface area contributed by atoms with Crippen LogP contribution in [0.2, 0.25) is 0 Å². The van der Waals surface area contributed by atoms with E-state index in [1.165, 1.54) is 48.3 Å². The SMILES string of the molecule is COc1ncc(-c2cc(N3CC(CC(=O)NC4(C(F)(F)F)CC4)C(F)(F)C3)c3nccn3n2)c(OC)n1. The lowest BCUT2D eigenvalue weighted by Crippen LogP contribution is -2.48. The number of amides is 1. The molecule has 2 aliphatic rings. The molecule has 1 saturated carbocycles. The molecule has 3 aromatic rings. The first-order chi connectivity index (χ1) is 17.5. The van der Waals surface area contributed by atoms with Crippen LogP contribution in [-0.2, 0) is 4.79 Å². The van der Waals surface area contributed by atoms with Gasteiger partial charge in [0, 0.05) is 31.6 Å². The molecule has 0 aromatic carbocycles. The highest BCUT2D eigenvalue weighted by atomic mass is 19.4. The molecular weight excluding hydrogens is 505 g/mol. The number of halogens is 5. The van der Waals surface area contributed by atoms with Crippen molar-refractivity contribution in [2.24, 2.45) is 5.92 Å². The lowest BCUT2D eigenvalue weighted by atomic mass is 10.0. The summed E-state index contributed by atoms with van der Waals surface area (Å²) in [4.78, 5) is 26.1. The van der Waals surface area contributed by atoms with Crippen LogP contribution in [0.3, 0.4) is 0 Å². The van der Waals surface area contributed by atoms with Crippen LogP contribution in [-0.4, -0.2) is 75.4 Å². The van der Waals surface area contributed by atoms with E-state index in [0.29, 0.717) is 16.9 Å². The average molecular weight is 527 g/mol. The van der Waals surface area contributed by atoms with Crippen LogP contribution in [0.5, 0.6) is 11.9 Å². The van der Waals surface area contributed by atoms with Gasteiger partial charge in [0.2, 0.25) is 11.8 Å². The first kappa shape index (κ1) is 24.9. The van der Waals surface area contributed by atoms with E-state index >= 15 is 0 Å². The zero-order valence-electron chi connectivity index (χ0n) is 19.7. The second-order valence-electron chi connectivity index (χ2n) is 9.06. The number of methoxy groups -OCH3 is 2. The summed E-state index contributed by atoms with van der Waals surface area (Å²) in [6.07, 6.45) is -1.49. The second kappa shape index (κ2) is 8.66. The van der Waals surface area contributed by atoms with Crippen molar-refractivity contribution in [3.05, 3.63) is 24.7 Å². The Morgan fingerprint density at radius 3 is 2.62 bits per heavy atom. The van der Waals surface area contributed by atoms with Gasteiger partial charge in [-0.05, 0) is 18.9 Å². The van der Waals surface area contributed by atoms with Crippen molar-refractivity contribution in [2.45, 2.75) is 36.9 Å². The van der Waals surface area contributed by atoms with Crippen molar-refractivity contribution in [1.82, 2.24) is 29.9 Å². The predicted octanol–water partition coefficient (Wildman–Crippen LogP) is 2.88. The number of alkyl halides is 5. The number of aromatic nitrogens is 5. The number of nitrogens with zero attached hydrogens (tertiary/aromatic N) is 6. The maximum absolute atomic E-state index is 15.0. The number of hydrogen-bond donors (Lipinski definition) is 1. The van der Waals surface area contributed by atoms with Crippen LogP contribution in [0.15, 0.2) is 24.7 Å². The maximum Gasteiger partial charge on any atom is 0.411 e. The third-order valence-electron chi connectivity index (χ3n) is 6.61. The number of carbonyl (C=O) groups excluding carboxylic acids is 1. The molecule has 0 bridgehead atoms. The number of nitrogens with one attached hydrogen (secondary N) is 1. The summed E-state index contributed by atoms with van der Waals surface area (Å²) in [5.41, 5.74) is -1.06. The highest BCUT2D eigenvalue weighted by Crippen LogP contribution is 2.49. The minimum Gasteiger partial charge on any atom is -0.480 e. The molecule has 1 N–H and O–H groups in total. The van der Waals surface area contributed by atoms with Crippen LogP contribution in [0.1, 0.15) is 19.3 Å². The quantitative estimate of drug-likeness (QED) is 0.468. The monoisotopic (exact) mass is 527 g/mol. The predicted molar refractivity (Wildman–Crippen MR) is 119 cm³/mol. The number of hydrogen-bond acceptors (Lipinski definition) is 8. The van der Waals surface area contributed by atoms with Crippen LogP contribution < -0.4 is 19.7 Å². The van der Waals surface area contributed by atoms with E-state index in [4.69, 9.17) is 9.47 Å². The van der Waals surface area contributed by atoms with E-state index < -0.39 is 42.4 Å². The molecule has 5 rings (SSSR count). The largest absolute Gasteiger partial charge is 0.480 e. The Morgan fingerprint density at radius 1 is 1.22 bits per heavy atom. The van der Waals surface area contributed by atoms with Gasteiger partial charge in [-0.1, -0.05) is 0 Å². The van der Waals surface area contributed by atoms with E-state index in [1.807, 2.05) is 5.32 Å². The Bertz CT molecular complexity index is 1340. The van der Waals surface area contributed by atoms with Gasteiger partial charge < -0.3 is 19.7 Å². The van der Waals surface area contributed by atoms with E-state index in [2.05, 4.69) is 20.1 Å². The maximum atomic E-state index is 15.0. The molecule has 10 nitrogen and oxygen atoms in total. The van der Waals surface area contributed by atoms with E-state index in [1.54, 1.807) is 0 Å². The molecule has 1 aliphatic carbocycles. The van der Waals surface area contributed by atoms with Crippen LogP contribution in [0.4, 0.5) is 27.6 Å². The van der Waals surface area contributed by atoms with Gasteiger partial charge in [0.15, 0.2) is 5.65 Å². The Balaban J connectivity index is 1.43. The lowest BCUT2D eigenvalue weighted by Gasteiger charge is -2.23. The molecular formula is C22H22F5N7O3. The van der Waals surface area contributed by atoms with Gasteiger partial charge in [0.1, 0.15) is 11.2 Å². The number of carbonyl (C=O) groups is 1. The molecule has 2 fully saturated rings. The fourth-order valence-corrected chi connectivity index (χ4v) is 4.44. The molecule has 1 amide bonds. The molecule has 1 saturated heterocycles. The number of anilines is 1. The van der Waals surface area contributed by atoms with Gasteiger partial charge in [-0.25, -0.2) is 23.3 Å². The van der Waals surface area contributed by atoms with E-state index in [0.717, 1.165) is 0 Å². The van der Waals surface area contributed by atoms with Gasteiger partial charge in [-0.15, -0.1) is 0 Å². The van der Waals surface area contributed by atoms with Crippen molar-refractivity contribution in [3.63, 3.8) is 0 Å². The zero-order valence-corrected chi connectivity index (χ0v) is 19.7. The number of imidazole rings is 1. The standard InChI is InChI=1S/C22H22F5N7O3/c1-36-18-13(9-29-19(30-18)37-2)14-8-15(17-28-5-6-34(17)32-14)33-10-12(21(23,24)11-33)7-16(35)31-20(3-4-20)22(25,26)27/h5-6,8-9,12H,3-4,7,10-11H2,1-2H3,(H,31,35). The topological polar surface area (TPSA) is 107 Å². The first-order valence-corrected chi connectivity index (χ1v) is 11.3. The van der Waals surface area contributed by atoms with Gasteiger partial charge in [-0.2, -0.15) is 23.3 Å². The molecule has 15 heteroatoms. The molecule has 37 heavy (non-hydrogen) atoms. The molecule has 1 unspecified atom stereocenters. The summed E-state index contributed by atoms with van der Waals surface area (Å²) in [6.45, 7) is -1.03. The summed E-state index contributed by atoms with van der Waals surface area (Å²) < 4.78 is 81.3. The highest BCUT2D eigenvalue weighted by molar-refractivity contribution is 5.79. The fourth-order valence-electron chi connectivity index (χ4n) is 4.44. The van der Waals surface area contributed by atoms with Gasteiger partial charge in [0.25, 0.3) is 5.92 Å². The Kier molecular flexibility index (Phi) is 5.83. The van der Waals surface area contributed by atoms with Crippen LogP contribution in [0.25, 0.3) is 16.9 Å². The average Bonchev–Trinajstić information content (AvgIpc) is 3.37. The molecule has 0 radical (unpaired) electrons. The summed E-state index contributed by atoms with van der Waals surface area (Å²) >= 11 is 0. The third-order valence-corrected chi connectivity index (χ3v) is 6.61. The molecule has 4 heterocycles. The third kappa shape index (κ3) is 4.46. The number of rotatable bonds is 7. The van der Waals surface area contributed by atoms with Crippen LogP contribution >= 0.6 is 0 Å². The molecule has 0 spiro atoms. The summed E-state index contributed by atoms with van der Waals surface area (Å²) in [5, 5.41) is 6.37. The first-order valence-electron chi connectivity index (χ1n) is 11.3. The van der Waals surface area contributed by atoms with Crippen molar-refractivity contribution >= 4 is 17.2 Å². The molecule has 1 aliphatic heterocycles. The molecule has 3 aromatic heterocycles. The minimum atomic E-state index is -4.63. The second-order valence-corrected chi connectivity index (χ2v) is 9.06. The zero-order chi connectivity index (χ0) is 26.6. The van der Waals surface area contributed by atoms with Crippen molar-refractivity contribution in [3.8, 4) is 23.1 Å². The Hall–Kier alpha value is -3.78. The van der Waals surface area contributed by atoms with Gasteiger partial charge in [0.05, 0.1) is 37.9 Å². The van der Waals surface area contributed by atoms with E-state index in [9.17, 15) is 26.7 Å². The summed E-state index contributed by atoms with van der Waals surface area (Å²) in [5.74, 6) is -5.74. The van der Waals surface area contributed by atoms with Crippen molar-refractivity contribution in [1.29, 1.82) is 0 Å². The van der Waals surface area contributed by atoms with Crippen LogP contribution in [0, 0.1) is 5.92 Å². The van der Waals surface area contributed by atoms with Crippen molar-refractivity contribution < 1.29 is 36.2 Å². The summed E-state index contributed by atoms with van der Waals surface area (Å²) in [6, 6.07) is 1.58.